The van der Waals surface area contributed by atoms with Gasteiger partial charge in [-0.05, 0) is 37.3 Å². The summed E-state index contributed by atoms with van der Waals surface area (Å²) in [7, 11) is 3.83. The minimum Gasteiger partial charge on any atom is -0.380 e. The Bertz CT molecular complexity index is 271. The maximum Gasteiger partial charge on any atom is 0.0747 e. The number of hydrogen-bond donors (Lipinski definition) is 1. The molecule has 2 atom stereocenters. The van der Waals surface area contributed by atoms with Gasteiger partial charge >= 0.3 is 0 Å². The average Bonchev–Trinajstić information content (AvgIpc) is 2.76. The lowest BCUT2D eigenvalue weighted by Crippen LogP contribution is -2.42. The van der Waals surface area contributed by atoms with Crippen molar-refractivity contribution < 1.29 is 4.74 Å². The molecule has 0 radical (unpaired) electrons. The number of methoxy groups -OCH3 is 1. The van der Waals surface area contributed by atoms with Crippen LogP contribution in [0.4, 0.5) is 0 Å². The van der Waals surface area contributed by atoms with E-state index in [4.69, 9.17) is 4.74 Å². The summed E-state index contributed by atoms with van der Waals surface area (Å²) in [6, 6.07) is 4.76. The predicted octanol–water partition coefficient (Wildman–Crippen LogP) is 2.94. The van der Waals surface area contributed by atoms with Gasteiger partial charge in [0.1, 0.15) is 0 Å². The summed E-state index contributed by atoms with van der Waals surface area (Å²) in [5.74, 6) is 0.547. The first-order valence-corrected chi connectivity index (χ1v) is 6.79. The molecule has 92 valence electrons. The van der Waals surface area contributed by atoms with Crippen molar-refractivity contribution in [1.29, 1.82) is 0 Å². The van der Waals surface area contributed by atoms with Gasteiger partial charge in [-0.1, -0.05) is 19.9 Å². The van der Waals surface area contributed by atoms with Crippen molar-refractivity contribution in [2.24, 2.45) is 5.92 Å². The number of ether oxygens (including phenoxy) is 1. The first-order chi connectivity index (χ1) is 7.69. The second-order valence-corrected chi connectivity index (χ2v) is 5.49. The molecule has 0 aliphatic heterocycles. The average molecular weight is 241 g/mol. The summed E-state index contributed by atoms with van der Waals surface area (Å²) in [6.07, 6.45) is 2.56. The zero-order valence-corrected chi connectivity index (χ0v) is 11.5. The second-order valence-electron chi connectivity index (χ2n) is 4.46. The molecule has 1 aromatic rings. The summed E-state index contributed by atoms with van der Waals surface area (Å²) in [4.78, 5) is 1.46. The van der Waals surface area contributed by atoms with Gasteiger partial charge < -0.3 is 10.1 Å². The number of aryl methyl sites for hydroxylation is 1. The summed E-state index contributed by atoms with van der Waals surface area (Å²) in [5, 5.41) is 5.52. The van der Waals surface area contributed by atoms with Crippen molar-refractivity contribution in [3.8, 4) is 0 Å². The lowest BCUT2D eigenvalue weighted by Gasteiger charge is -2.28. The molecule has 1 N–H and O–H groups in total. The maximum atomic E-state index is 5.58. The van der Waals surface area contributed by atoms with Crippen LogP contribution < -0.4 is 5.32 Å². The van der Waals surface area contributed by atoms with Gasteiger partial charge in [0.25, 0.3) is 0 Å². The molecule has 1 heterocycles. The fourth-order valence-corrected chi connectivity index (χ4v) is 2.85. The highest BCUT2D eigenvalue weighted by atomic mass is 32.1. The van der Waals surface area contributed by atoms with Crippen LogP contribution in [0.1, 0.15) is 25.1 Å². The van der Waals surface area contributed by atoms with Gasteiger partial charge in [0.2, 0.25) is 0 Å². The van der Waals surface area contributed by atoms with Crippen molar-refractivity contribution in [3.05, 3.63) is 22.4 Å². The van der Waals surface area contributed by atoms with Gasteiger partial charge in [-0.15, -0.1) is 11.3 Å². The first kappa shape index (κ1) is 13.7. The topological polar surface area (TPSA) is 21.3 Å². The smallest absolute Gasteiger partial charge is 0.0747 e. The Morgan fingerprint density at radius 1 is 1.44 bits per heavy atom. The van der Waals surface area contributed by atoms with Gasteiger partial charge in [-0.25, -0.2) is 0 Å². The van der Waals surface area contributed by atoms with E-state index in [2.05, 4.69) is 36.7 Å². The summed E-state index contributed by atoms with van der Waals surface area (Å²) >= 11 is 1.83. The van der Waals surface area contributed by atoms with Crippen LogP contribution in [0.25, 0.3) is 0 Å². The molecule has 16 heavy (non-hydrogen) atoms. The largest absolute Gasteiger partial charge is 0.380 e. The van der Waals surface area contributed by atoms with Gasteiger partial charge in [0.15, 0.2) is 0 Å². The molecule has 1 aromatic heterocycles. The lowest BCUT2D eigenvalue weighted by atomic mass is 9.95. The van der Waals surface area contributed by atoms with Crippen LogP contribution in [-0.4, -0.2) is 26.3 Å². The van der Waals surface area contributed by atoms with Crippen LogP contribution in [0.15, 0.2) is 17.5 Å². The molecule has 3 heteroatoms. The van der Waals surface area contributed by atoms with Crippen LogP contribution >= 0.6 is 11.3 Å². The van der Waals surface area contributed by atoms with E-state index in [0.717, 1.165) is 12.8 Å². The van der Waals surface area contributed by atoms with Crippen molar-refractivity contribution in [2.45, 2.75) is 38.8 Å². The number of likely N-dealkylation sites (N-methyl/N-ethyl adjacent to an activating group) is 1. The fourth-order valence-electron chi connectivity index (χ4n) is 2.13. The summed E-state index contributed by atoms with van der Waals surface area (Å²) in [5.41, 5.74) is 0. The number of rotatable bonds is 7. The Morgan fingerprint density at radius 2 is 2.19 bits per heavy atom. The van der Waals surface area contributed by atoms with E-state index in [1.165, 1.54) is 4.88 Å². The predicted molar refractivity (Wildman–Crippen MR) is 71.1 cm³/mol. The molecular weight excluding hydrogens is 218 g/mol. The van der Waals surface area contributed by atoms with Crippen molar-refractivity contribution in [1.82, 2.24) is 5.32 Å². The fraction of sp³-hybridized carbons (Fsp3) is 0.692. The Kier molecular flexibility index (Phi) is 6.03. The van der Waals surface area contributed by atoms with Crippen LogP contribution in [0.3, 0.4) is 0 Å². The van der Waals surface area contributed by atoms with E-state index in [0.29, 0.717) is 18.1 Å². The minimum atomic E-state index is 0.296. The van der Waals surface area contributed by atoms with Crippen molar-refractivity contribution in [3.63, 3.8) is 0 Å². The minimum absolute atomic E-state index is 0.296. The Labute approximate surface area is 103 Å². The normalized spacial score (nSPS) is 15.3. The molecule has 0 aromatic carbocycles. The van der Waals surface area contributed by atoms with E-state index < -0.39 is 0 Å². The molecule has 0 aliphatic carbocycles. The molecule has 2 nitrogen and oxygen atoms in total. The van der Waals surface area contributed by atoms with Gasteiger partial charge in [0.05, 0.1) is 6.10 Å². The Hall–Kier alpha value is -0.380. The molecular formula is C13H23NOS. The molecule has 0 saturated heterocycles. The molecule has 0 spiro atoms. The van der Waals surface area contributed by atoms with Crippen LogP contribution in [0.2, 0.25) is 0 Å². The maximum absolute atomic E-state index is 5.58. The van der Waals surface area contributed by atoms with Crippen LogP contribution in [0, 0.1) is 5.92 Å². The van der Waals surface area contributed by atoms with E-state index in [9.17, 15) is 0 Å². The van der Waals surface area contributed by atoms with Gasteiger partial charge in [0, 0.05) is 18.0 Å². The lowest BCUT2D eigenvalue weighted by molar-refractivity contribution is 0.0330. The molecule has 2 unspecified atom stereocenters. The third kappa shape index (κ3) is 3.89. The molecule has 0 aliphatic rings. The Balaban J connectivity index is 2.47. The molecule has 0 amide bonds. The molecule has 0 saturated carbocycles. The van der Waals surface area contributed by atoms with Crippen molar-refractivity contribution in [2.75, 3.05) is 14.2 Å². The second kappa shape index (κ2) is 7.05. The highest BCUT2D eigenvalue weighted by molar-refractivity contribution is 7.09. The first-order valence-electron chi connectivity index (χ1n) is 5.91. The molecule has 0 fully saturated rings. The van der Waals surface area contributed by atoms with E-state index >= 15 is 0 Å². The van der Waals surface area contributed by atoms with Crippen LogP contribution in [0.5, 0.6) is 0 Å². The quantitative estimate of drug-likeness (QED) is 0.792. The SMILES string of the molecule is CNC(CCc1cccs1)C(OC)C(C)C. The van der Waals surface area contributed by atoms with E-state index in [1.807, 2.05) is 18.4 Å². The van der Waals surface area contributed by atoms with E-state index in [1.54, 1.807) is 7.11 Å². The van der Waals surface area contributed by atoms with Crippen molar-refractivity contribution >= 4 is 11.3 Å². The molecule has 0 bridgehead atoms. The number of nitrogens with one attached hydrogen (secondary N) is 1. The third-order valence-corrected chi connectivity index (χ3v) is 3.91. The summed E-state index contributed by atoms with van der Waals surface area (Å²) in [6.45, 7) is 4.42. The highest BCUT2D eigenvalue weighted by Gasteiger charge is 2.22. The third-order valence-electron chi connectivity index (χ3n) is 2.98. The van der Waals surface area contributed by atoms with E-state index in [-0.39, 0.29) is 0 Å². The van der Waals surface area contributed by atoms with Crippen LogP contribution in [-0.2, 0) is 11.2 Å². The monoisotopic (exact) mass is 241 g/mol. The van der Waals surface area contributed by atoms with Gasteiger partial charge in [-0.2, -0.15) is 0 Å². The summed E-state index contributed by atoms with van der Waals surface area (Å²) < 4.78 is 5.58. The standard InChI is InChI=1S/C13H23NOS/c1-10(2)13(15-4)12(14-3)8-7-11-6-5-9-16-11/h5-6,9-10,12-14H,7-8H2,1-4H3. The number of hydrogen-bond acceptors (Lipinski definition) is 3. The zero-order valence-electron chi connectivity index (χ0n) is 10.7. The Morgan fingerprint density at radius 3 is 2.62 bits per heavy atom. The molecule has 1 rings (SSSR count). The van der Waals surface area contributed by atoms with Gasteiger partial charge in [-0.3, -0.25) is 0 Å². The number of thiophene rings is 1. The highest BCUT2D eigenvalue weighted by Crippen LogP contribution is 2.17. The zero-order chi connectivity index (χ0) is 12.0.